The second-order valence-electron chi connectivity index (χ2n) is 4.58. The Morgan fingerprint density at radius 1 is 1.19 bits per heavy atom. The molecule has 0 spiro atoms. The minimum Gasteiger partial charge on any atom is -0.305 e. The first-order chi connectivity index (χ1) is 7.75. The van der Waals surface area contributed by atoms with E-state index in [1.165, 1.54) is 29.5 Å². The van der Waals surface area contributed by atoms with Crippen molar-refractivity contribution in [3.05, 3.63) is 53.6 Å². The predicted molar refractivity (Wildman–Crippen MR) is 70.2 cm³/mol. The van der Waals surface area contributed by atoms with E-state index in [-0.39, 0.29) is 0 Å². The van der Waals surface area contributed by atoms with Gasteiger partial charge in [0, 0.05) is 6.54 Å². The molecule has 0 saturated carbocycles. The van der Waals surface area contributed by atoms with E-state index in [1.807, 2.05) is 0 Å². The Kier molecular flexibility index (Phi) is 3.58. The van der Waals surface area contributed by atoms with E-state index in [0.29, 0.717) is 0 Å². The van der Waals surface area contributed by atoms with Crippen molar-refractivity contribution < 1.29 is 0 Å². The van der Waals surface area contributed by atoms with Gasteiger partial charge in [-0.3, -0.25) is 0 Å². The van der Waals surface area contributed by atoms with E-state index in [2.05, 4.69) is 61.5 Å². The molecule has 1 aromatic rings. The molecule has 0 aromatic heterocycles. The van der Waals surface area contributed by atoms with Gasteiger partial charge in [-0.15, -0.1) is 0 Å². The van der Waals surface area contributed by atoms with Gasteiger partial charge in [-0.25, -0.2) is 0 Å². The zero-order chi connectivity index (χ0) is 11.4. The molecule has 0 aliphatic heterocycles. The van der Waals surface area contributed by atoms with Crippen LogP contribution in [-0.2, 0) is 6.54 Å². The molecule has 0 amide bonds. The molecule has 1 aliphatic rings. The highest BCUT2D eigenvalue weighted by atomic mass is 15.0. The molecule has 2 rings (SSSR count). The summed E-state index contributed by atoms with van der Waals surface area (Å²) in [7, 11) is 4.21. The van der Waals surface area contributed by atoms with E-state index in [4.69, 9.17) is 0 Å². The minimum atomic E-state index is 1.00. The van der Waals surface area contributed by atoms with Crippen molar-refractivity contribution in [2.45, 2.75) is 19.4 Å². The lowest BCUT2D eigenvalue weighted by atomic mass is 9.98. The Hall–Kier alpha value is -1.34. The van der Waals surface area contributed by atoms with Crippen molar-refractivity contribution in [1.29, 1.82) is 0 Å². The molecule has 0 saturated heterocycles. The second-order valence-corrected chi connectivity index (χ2v) is 4.58. The number of allylic oxidation sites excluding steroid dienone is 4. The summed E-state index contributed by atoms with van der Waals surface area (Å²) in [5.74, 6) is 0. The quantitative estimate of drug-likeness (QED) is 0.743. The van der Waals surface area contributed by atoms with Crippen LogP contribution in [0.5, 0.6) is 0 Å². The van der Waals surface area contributed by atoms with Crippen LogP contribution in [-0.4, -0.2) is 19.0 Å². The Morgan fingerprint density at radius 3 is 2.75 bits per heavy atom. The standard InChI is InChI=1S/C15H19N/c1-16(2)12-13-7-6-10-15(11-13)14-8-4-3-5-9-14/h4,6-11H,3,5,12H2,1-2H3. The molecule has 0 N–H and O–H groups in total. The summed E-state index contributed by atoms with van der Waals surface area (Å²) >= 11 is 0. The van der Waals surface area contributed by atoms with Crippen LogP contribution in [0.4, 0.5) is 0 Å². The molecule has 1 heteroatoms. The molecular formula is C15H19N. The van der Waals surface area contributed by atoms with Crippen LogP contribution in [0.3, 0.4) is 0 Å². The lowest BCUT2D eigenvalue weighted by Gasteiger charge is -2.12. The molecule has 0 atom stereocenters. The van der Waals surface area contributed by atoms with Crippen LogP contribution in [0.15, 0.2) is 42.5 Å². The molecule has 0 heterocycles. The fourth-order valence-corrected chi connectivity index (χ4v) is 2.04. The zero-order valence-corrected chi connectivity index (χ0v) is 10.1. The fourth-order valence-electron chi connectivity index (χ4n) is 2.04. The highest BCUT2D eigenvalue weighted by Crippen LogP contribution is 2.22. The number of hydrogen-bond donors (Lipinski definition) is 0. The van der Waals surface area contributed by atoms with Crippen molar-refractivity contribution in [3.63, 3.8) is 0 Å². The second kappa shape index (κ2) is 5.13. The van der Waals surface area contributed by atoms with E-state index >= 15 is 0 Å². The predicted octanol–water partition coefficient (Wildman–Crippen LogP) is 3.48. The third kappa shape index (κ3) is 2.83. The number of rotatable bonds is 3. The molecule has 1 aliphatic carbocycles. The maximum atomic E-state index is 2.33. The van der Waals surface area contributed by atoms with Gasteiger partial charge in [0.05, 0.1) is 0 Å². The SMILES string of the molecule is CN(C)Cc1cccc(C2=CCCC=C2)c1. The topological polar surface area (TPSA) is 3.24 Å². The first kappa shape index (κ1) is 11.2. The van der Waals surface area contributed by atoms with Crippen molar-refractivity contribution >= 4 is 5.57 Å². The van der Waals surface area contributed by atoms with Gasteiger partial charge in [-0.1, -0.05) is 36.4 Å². The van der Waals surface area contributed by atoms with E-state index in [9.17, 15) is 0 Å². The monoisotopic (exact) mass is 213 g/mol. The van der Waals surface area contributed by atoms with Crippen LogP contribution in [0.1, 0.15) is 24.0 Å². The van der Waals surface area contributed by atoms with Gasteiger partial charge in [0.15, 0.2) is 0 Å². The first-order valence-electron chi connectivity index (χ1n) is 5.86. The maximum Gasteiger partial charge on any atom is 0.0227 e. The largest absolute Gasteiger partial charge is 0.305 e. The zero-order valence-electron chi connectivity index (χ0n) is 10.1. The molecule has 16 heavy (non-hydrogen) atoms. The van der Waals surface area contributed by atoms with Crippen molar-refractivity contribution in [1.82, 2.24) is 4.90 Å². The molecule has 0 fully saturated rings. The first-order valence-corrected chi connectivity index (χ1v) is 5.86. The van der Waals surface area contributed by atoms with Gasteiger partial charge >= 0.3 is 0 Å². The van der Waals surface area contributed by atoms with Gasteiger partial charge in [-0.05, 0) is 49.7 Å². The highest BCUT2D eigenvalue weighted by Gasteiger charge is 2.02. The normalized spacial score (nSPS) is 15.3. The molecular weight excluding hydrogens is 194 g/mol. The third-order valence-electron chi connectivity index (χ3n) is 2.75. The number of hydrogen-bond acceptors (Lipinski definition) is 1. The molecule has 84 valence electrons. The average Bonchev–Trinajstić information content (AvgIpc) is 2.30. The summed E-state index contributed by atoms with van der Waals surface area (Å²) in [4.78, 5) is 2.20. The average molecular weight is 213 g/mol. The Labute approximate surface area is 98.1 Å². The third-order valence-corrected chi connectivity index (χ3v) is 2.75. The Balaban J connectivity index is 2.21. The summed E-state index contributed by atoms with van der Waals surface area (Å²) < 4.78 is 0. The van der Waals surface area contributed by atoms with Crippen LogP contribution in [0.2, 0.25) is 0 Å². The van der Waals surface area contributed by atoms with Gasteiger partial charge < -0.3 is 4.90 Å². The number of benzene rings is 1. The van der Waals surface area contributed by atoms with E-state index < -0.39 is 0 Å². The van der Waals surface area contributed by atoms with Gasteiger partial charge in [0.2, 0.25) is 0 Å². The van der Waals surface area contributed by atoms with Crippen LogP contribution < -0.4 is 0 Å². The molecule has 1 nitrogen and oxygen atoms in total. The van der Waals surface area contributed by atoms with E-state index in [1.54, 1.807) is 0 Å². The summed E-state index contributed by atoms with van der Waals surface area (Å²) in [6.07, 6.45) is 9.17. The summed E-state index contributed by atoms with van der Waals surface area (Å²) in [6, 6.07) is 8.83. The van der Waals surface area contributed by atoms with Crippen LogP contribution in [0, 0.1) is 0 Å². The molecule has 0 bridgehead atoms. The lowest BCUT2D eigenvalue weighted by molar-refractivity contribution is 0.402. The Morgan fingerprint density at radius 2 is 2.06 bits per heavy atom. The molecule has 0 radical (unpaired) electrons. The smallest absolute Gasteiger partial charge is 0.0227 e. The summed E-state index contributed by atoms with van der Waals surface area (Å²) in [5.41, 5.74) is 4.09. The van der Waals surface area contributed by atoms with Crippen LogP contribution in [0.25, 0.3) is 5.57 Å². The highest BCUT2D eigenvalue weighted by molar-refractivity contribution is 5.75. The Bertz CT molecular complexity index is 413. The maximum absolute atomic E-state index is 2.33. The summed E-state index contributed by atoms with van der Waals surface area (Å²) in [5, 5.41) is 0. The fraction of sp³-hybridized carbons (Fsp3) is 0.333. The minimum absolute atomic E-state index is 1.00. The number of nitrogens with zero attached hydrogens (tertiary/aromatic N) is 1. The molecule has 0 unspecified atom stereocenters. The molecule has 1 aromatic carbocycles. The van der Waals surface area contributed by atoms with Gasteiger partial charge in [-0.2, -0.15) is 0 Å². The lowest BCUT2D eigenvalue weighted by Crippen LogP contribution is -2.10. The summed E-state index contributed by atoms with van der Waals surface area (Å²) in [6.45, 7) is 1.00. The van der Waals surface area contributed by atoms with E-state index in [0.717, 1.165) is 6.54 Å². The van der Waals surface area contributed by atoms with Crippen molar-refractivity contribution in [3.8, 4) is 0 Å². The van der Waals surface area contributed by atoms with Gasteiger partial charge in [0.25, 0.3) is 0 Å². The van der Waals surface area contributed by atoms with Crippen LogP contribution >= 0.6 is 0 Å². The van der Waals surface area contributed by atoms with Gasteiger partial charge in [0.1, 0.15) is 0 Å². The van der Waals surface area contributed by atoms with Crippen molar-refractivity contribution in [2.75, 3.05) is 14.1 Å². The van der Waals surface area contributed by atoms with Crippen molar-refractivity contribution in [2.24, 2.45) is 0 Å².